The lowest BCUT2D eigenvalue weighted by molar-refractivity contribution is 0.000450. The maximum absolute atomic E-state index is 12.0. The average molecular weight is 293 g/mol. The first-order chi connectivity index (χ1) is 8.46. The summed E-state index contributed by atoms with van der Waals surface area (Å²) in [7, 11) is -3.51. The second kappa shape index (κ2) is 5.66. The van der Waals surface area contributed by atoms with Crippen LogP contribution >= 0.6 is 0 Å². The van der Waals surface area contributed by atoms with Gasteiger partial charge in [-0.05, 0) is 33.1 Å². The molecule has 0 saturated carbocycles. The number of piperidine rings is 1. The molecular weight excluding hydrogens is 270 g/mol. The lowest BCUT2D eigenvalue weighted by Gasteiger charge is -2.36. The van der Waals surface area contributed by atoms with E-state index in [9.17, 15) is 13.2 Å². The highest BCUT2D eigenvalue weighted by molar-refractivity contribution is 7.86. The number of rotatable bonds is 2. The molecule has 0 spiro atoms. The van der Waals surface area contributed by atoms with Gasteiger partial charge in [-0.15, -0.1) is 0 Å². The Balaban J connectivity index is 2.67. The number of hydrogen-bond acceptors (Lipinski definition) is 5. The van der Waals surface area contributed by atoms with E-state index in [-0.39, 0.29) is 12.5 Å². The zero-order valence-electron chi connectivity index (χ0n) is 12.2. The molecule has 2 atom stereocenters. The first kappa shape index (κ1) is 16.2. The Morgan fingerprint density at radius 3 is 2.32 bits per heavy atom. The third kappa shape index (κ3) is 6.24. The van der Waals surface area contributed by atoms with Gasteiger partial charge in [0.05, 0.1) is 18.9 Å². The third-order valence-electron chi connectivity index (χ3n) is 2.58. The molecule has 1 fully saturated rings. The van der Waals surface area contributed by atoms with E-state index in [1.165, 1.54) is 4.90 Å². The van der Waals surface area contributed by atoms with Crippen LogP contribution in [0.2, 0.25) is 0 Å². The zero-order chi connectivity index (χ0) is 14.8. The van der Waals surface area contributed by atoms with E-state index in [0.29, 0.717) is 13.0 Å². The van der Waals surface area contributed by atoms with Crippen molar-refractivity contribution in [3.63, 3.8) is 0 Å². The molecule has 0 bridgehead atoms. The van der Waals surface area contributed by atoms with Crippen LogP contribution in [0, 0.1) is 5.92 Å². The fourth-order valence-electron chi connectivity index (χ4n) is 2.09. The largest absolute Gasteiger partial charge is 0.444 e. The Morgan fingerprint density at radius 2 is 1.84 bits per heavy atom. The van der Waals surface area contributed by atoms with Crippen LogP contribution < -0.4 is 0 Å². The minimum Gasteiger partial charge on any atom is -0.444 e. The molecule has 0 aromatic heterocycles. The number of carbonyl (C=O) groups excluding carboxylic acids is 1. The zero-order valence-corrected chi connectivity index (χ0v) is 13.0. The fraction of sp³-hybridized carbons (Fsp3) is 0.917. The standard InChI is InChI=1S/C12H23NO5S/c1-9-6-10(18-19(5,15)16)8-13(7-9)11(14)17-12(2,3)4/h9-10H,6-8H2,1-5H3/t9-,10-/m1/s1. The molecule has 1 heterocycles. The second-order valence-corrected chi connectivity index (χ2v) is 7.75. The fourth-order valence-corrected chi connectivity index (χ4v) is 2.72. The van der Waals surface area contributed by atoms with Gasteiger partial charge in [-0.2, -0.15) is 8.42 Å². The quantitative estimate of drug-likeness (QED) is 0.723. The summed E-state index contributed by atoms with van der Waals surface area (Å²) >= 11 is 0. The highest BCUT2D eigenvalue weighted by Gasteiger charge is 2.32. The van der Waals surface area contributed by atoms with E-state index < -0.39 is 27.9 Å². The summed E-state index contributed by atoms with van der Waals surface area (Å²) in [5.41, 5.74) is -0.565. The highest BCUT2D eigenvalue weighted by atomic mass is 32.2. The van der Waals surface area contributed by atoms with Crippen molar-refractivity contribution in [1.82, 2.24) is 4.90 Å². The molecule has 19 heavy (non-hydrogen) atoms. The van der Waals surface area contributed by atoms with Gasteiger partial charge in [-0.1, -0.05) is 6.92 Å². The van der Waals surface area contributed by atoms with Gasteiger partial charge in [0.2, 0.25) is 0 Å². The summed E-state index contributed by atoms with van der Waals surface area (Å²) in [6.07, 6.45) is 0.712. The van der Waals surface area contributed by atoms with Crippen molar-refractivity contribution < 1.29 is 22.1 Å². The van der Waals surface area contributed by atoms with Crippen LogP contribution in [-0.2, 0) is 19.0 Å². The van der Waals surface area contributed by atoms with Crippen molar-refractivity contribution in [3.05, 3.63) is 0 Å². The molecule has 0 aromatic rings. The predicted octanol–water partition coefficient (Wildman–Crippen LogP) is 1.61. The summed E-state index contributed by atoms with van der Waals surface area (Å²) in [5.74, 6) is 0.174. The lowest BCUT2D eigenvalue weighted by Crippen LogP contribution is -2.48. The highest BCUT2D eigenvalue weighted by Crippen LogP contribution is 2.22. The first-order valence-corrected chi connectivity index (χ1v) is 8.14. The van der Waals surface area contributed by atoms with Crippen molar-refractivity contribution in [2.24, 2.45) is 5.92 Å². The normalized spacial score (nSPS) is 25.2. The molecule has 1 aliphatic heterocycles. The maximum atomic E-state index is 12.0. The van der Waals surface area contributed by atoms with Gasteiger partial charge in [0, 0.05) is 6.54 Å². The topological polar surface area (TPSA) is 72.9 Å². The molecule has 112 valence electrons. The van der Waals surface area contributed by atoms with Crippen LogP contribution in [0.4, 0.5) is 4.79 Å². The Bertz CT molecular complexity index is 426. The molecule has 1 rings (SSSR count). The van der Waals surface area contributed by atoms with Crippen molar-refractivity contribution in [3.8, 4) is 0 Å². The molecule has 0 radical (unpaired) electrons. The molecule has 1 aliphatic rings. The van der Waals surface area contributed by atoms with Crippen LogP contribution in [0.15, 0.2) is 0 Å². The molecule has 0 unspecified atom stereocenters. The number of ether oxygens (including phenoxy) is 1. The molecule has 0 aromatic carbocycles. The Labute approximate surface area is 115 Å². The van der Waals surface area contributed by atoms with Gasteiger partial charge in [-0.3, -0.25) is 4.18 Å². The Kier molecular flexibility index (Phi) is 4.84. The minimum absolute atomic E-state index is 0.174. The number of hydrogen-bond donors (Lipinski definition) is 0. The van der Waals surface area contributed by atoms with Crippen LogP contribution in [0.25, 0.3) is 0 Å². The number of carbonyl (C=O) groups is 1. The van der Waals surface area contributed by atoms with E-state index in [4.69, 9.17) is 8.92 Å². The van der Waals surface area contributed by atoms with Crippen molar-refractivity contribution >= 4 is 16.2 Å². The van der Waals surface area contributed by atoms with Gasteiger partial charge in [0.1, 0.15) is 5.60 Å². The SMILES string of the molecule is C[C@@H]1C[C@@H](OS(C)(=O)=O)CN(C(=O)OC(C)(C)C)C1. The molecular formula is C12H23NO5S. The molecule has 7 heteroatoms. The van der Waals surface area contributed by atoms with Crippen LogP contribution in [-0.4, -0.2) is 50.5 Å². The van der Waals surface area contributed by atoms with Crippen molar-refractivity contribution in [1.29, 1.82) is 0 Å². The van der Waals surface area contributed by atoms with Gasteiger partial charge in [0.15, 0.2) is 0 Å². The molecule has 1 saturated heterocycles. The van der Waals surface area contributed by atoms with Gasteiger partial charge in [0.25, 0.3) is 10.1 Å². The monoisotopic (exact) mass is 293 g/mol. The molecule has 0 N–H and O–H groups in total. The van der Waals surface area contributed by atoms with Gasteiger partial charge < -0.3 is 9.64 Å². The number of likely N-dealkylation sites (tertiary alicyclic amines) is 1. The summed E-state index contributed by atoms with van der Waals surface area (Å²) in [4.78, 5) is 13.5. The molecule has 0 aliphatic carbocycles. The van der Waals surface area contributed by atoms with Gasteiger partial charge >= 0.3 is 6.09 Å². The molecule has 6 nitrogen and oxygen atoms in total. The Hall–Kier alpha value is -0.820. The maximum Gasteiger partial charge on any atom is 0.410 e. The van der Waals surface area contributed by atoms with Crippen LogP contribution in [0.5, 0.6) is 0 Å². The van der Waals surface area contributed by atoms with E-state index >= 15 is 0 Å². The summed E-state index contributed by atoms with van der Waals surface area (Å²) in [5, 5.41) is 0. The second-order valence-electron chi connectivity index (χ2n) is 6.15. The van der Waals surface area contributed by atoms with Crippen molar-refractivity contribution in [2.75, 3.05) is 19.3 Å². The number of amides is 1. The van der Waals surface area contributed by atoms with Crippen LogP contribution in [0.3, 0.4) is 0 Å². The average Bonchev–Trinajstić information content (AvgIpc) is 2.10. The third-order valence-corrected chi connectivity index (χ3v) is 3.21. The van der Waals surface area contributed by atoms with Gasteiger partial charge in [-0.25, -0.2) is 4.79 Å². The van der Waals surface area contributed by atoms with E-state index in [1.807, 2.05) is 6.92 Å². The predicted molar refractivity (Wildman–Crippen MR) is 71.3 cm³/mol. The minimum atomic E-state index is -3.51. The first-order valence-electron chi connectivity index (χ1n) is 6.32. The van der Waals surface area contributed by atoms with Crippen LogP contribution in [0.1, 0.15) is 34.1 Å². The van der Waals surface area contributed by atoms with E-state index in [1.54, 1.807) is 20.8 Å². The van der Waals surface area contributed by atoms with E-state index in [2.05, 4.69) is 0 Å². The van der Waals surface area contributed by atoms with Crippen molar-refractivity contribution in [2.45, 2.75) is 45.8 Å². The summed E-state index contributed by atoms with van der Waals surface area (Å²) in [6.45, 7) is 8.13. The molecule has 1 amide bonds. The summed E-state index contributed by atoms with van der Waals surface area (Å²) < 4.78 is 32.6. The smallest absolute Gasteiger partial charge is 0.410 e. The summed E-state index contributed by atoms with van der Waals surface area (Å²) in [6, 6.07) is 0. The number of nitrogens with zero attached hydrogens (tertiary/aromatic N) is 1. The lowest BCUT2D eigenvalue weighted by atomic mass is 9.98. The van der Waals surface area contributed by atoms with E-state index in [0.717, 1.165) is 6.26 Å². The Morgan fingerprint density at radius 1 is 1.26 bits per heavy atom.